The van der Waals surface area contributed by atoms with E-state index in [1.807, 2.05) is 6.20 Å². The van der Waals surface area contributed by atoms with E-state index < -0.39 is 0 Å². The van der Waals surface area contributed by atoms with E-state index in [2.05, 4.69) is 82.3 Å². The van der Waals surface area contributed by atoms with E-state index in [9.17, 15) is 0 Å². The molecule has 1 aromatic heterocycles. The maximum absolute atomic E-state index is 5.62. The third-order valence-electron chi connectivity index (χ3n) is 6.93. The van der Waals surface area contributed by atoms with E-state index in [0.717, 1.165) is 37.4 Å². The molecule has 1 aliphatic heterocycles. The Morgan fingerprint density at radius 2 is 1.72 bits per heavy atom. The average molecular weight is 443 g/mol. The molecule has 0 atom stereocenters. The molecule has 0 saturated heterocycles. The second kappa shape index (κ2) is 9.29. The molecule has 5 heteroatoms. The van der Waals surface area contributed by atoms with Gasteiger partial charge in [-0.15, -0.1) is 0 Å². The molecule has 1 saturated carbocycles. The number of aryl methyl sites for hydroxylation is 1. The summed E-state index contributed by atoms with van der Waals surface area (Å²) in [6.45, 7) is 1.86. The number of hydrogen-bond donors (Lipinski definition) is 2. The number of benzene rings is 2. The molecule has 2 aromatic carbocycles. The highest BCUT2D eigenvalue weighted by molar-refractivity contribution is 7.80. The molecule has 2 N–H and O–H groups in total. The lowest BCUT2D eigenvalue weighted by molar-refractivity contribution is 0.435. The summed E-state index contributed by atoms with van der Waals surface area (Å²) in [4.78, 5) is 7.04. The Labute approximate surface area is 196 Å². The van der Waals surface area contributed by atoms with Crippen LogP contribution in [-0.4, -0.2) is 23.2 Å². The van der Waals surface area contributed by atoms with Gasteiger partial charge in [0, 0.05) is 24.2 Å². The summed E-state index contributed by atoms with van der Waals surface area (Å²) in [6.07, 6.45) is 9.14. The van der Waals surface area contributed by atoms with Crippen LogP contribution in [0.2, 0.25) is 0 Å². The first-order chi connectivity index (χ1) is 15.7. The zero-order valence-corrected chi connectivity index (χ0v) is 19.2. The highest BCUT2D eigenvalue weighted by atomic mass is 32.1. The number of thiocarbonyl (C=S) groups is 1. The number of rotatable bonds is 5. The molecule has 0 spiro atoms. The molecule has 32 heavy (non-hydrogen) atoms. The zero-order chi connectivity index (χ0) is 21.8. The van der Waals surface area contributed by atoms with Crippen molar-refractivity contribution in [2.24, 2.45) is 0 Å². The van der Waals surface area contributed by atoms with Crippen molar-refractivity contribution in [3.8, 4) is 0 Å². The van der Waals surface area contributed by atoms with E-state index in [-0.39, 0.29) is 5.41 Å². The number of para-hydroxylation sites is 1. The van der Waals surface area contributed by atoms with Crippen molar-refractivity contribution in [3.05, 3.63) is 84.1 Å². The van der Waals surface area contributed by atoms with Gasteiger partial charge in [-0.1, -0.05) is 61.4 Å². The first-order valence-electron chi connectivity index (χ1n) is 11.7. The number of hydrogen-bond acceptors (Lipinski definition) is 3. The fraction of sp³-hybridized carbons (Fsp3) is 0.333. The highest BCUT2D eigenvalue weighted by Gasteiger charge is 2.35. The van der Waals surface area contributed by atoms with E-state index >= 15 is 0 Å². The molecule has 3 aromatic rings. The number of anilines is 3. The molecule has 1 fully saturated rings. The van der Waals surface area contributed by atoms with Crippen molar-refractivity contribution < 1.29 is 0 Å². The molecule has 5 rings (SSSR count). The minimum atomic E-state index is 0.177. The van der Waals surface area contributed by atoms with Crippen LogP contribution in [0.1, 0.15) is 43.2 Å². The van der Waals surface area contributed by atoms with Crippen LogP contribution in [0, 0.1) is 0 Å². The number of aromatic nitrogens is 1. The smallest absolute Gasteiger partial charge is 0.170 e. The van der Waals surface area contributed by atoms with Crippen molar-refractivity contribution >= 4 is 34.5 Å². The van der Waals surface area contributed by atoms with Crippen LogP contribution in [-0.2, 0) is 11.8 Å². The van der Waals surface area contributed by atoms with Crippen LogP contribution in [0.25, 0.3) is 0 Å². The molecule has 164 valence electrons. The lowest BCUT2D eigenvalue weighted by Crippen LogP contribution is -2.40. The van der Waals surface area contributed by atoms with Crippen molar-refractivity contribution in [3.63, 3.8) is 0 Å². The Balaban J connectivity index is 1.22. The minimum Gasteiger partial charge on any atom is -0.362 e. The van der Waals surface area contributed by atoms with Crippen LogP contribution in [0.4, 0.5) is 17.2 Å². The maximum Gasteiger partial charge on any atom is 0.170 e. The molecule has 0 bridgehead atoms. The van der Waals surface area contributed by atoms with Gasteiger partial charge in [0.1, 0.15) is 5.82 Å². The molecule has 0 radical (unpaired) electrons. The summed E-state index contributed by atoms with van der Waals surface area (Å²) in [5, 5.41) is 7.47. The predicted molar refractivity (Wildman–Crippen MR) is 137 cm³/mol. The number of fused-ring (bicyclic) bond motifs is 1. The van der Waals surface area contributed by atoms with Crippen LogP contribution >= 0.6 is 12.2 Å². The normalized spacial score (nSPS) is 16.9. The van der Waals surface area contributed by atoms with Gasteiger partial charge >= 0.3 is 0 Å². The Bertz CT molecular complexity index is 1060. The maximum atomic E-state index is 5.62. The topological polar surface area (TPSA) is 40.2 Å². The van der Waals surface area contributed by atoms with Gasteiger partial charge in [0.05, 0.1) is 11.9 Å². The molecule has 2 aliphatic rings. The first-order valence-corrected chi connectivity index (χ1v) is 12.1. The van der Waals surface area contributed by atoms with Gasteiger partial charge in [0.25, 0.3) is 0 Å². The summed E-state index contributed by atoms with van der Waals surface area (Å²) in [7, 11) is 0. The van der Waals surface area contributed by atoms with Crippen LogP contribution < -0.4 is 15.5 Å². The fourth-order valence-electron chi connectivity index (χ4n) is 5.23. The molecule has 2 heterocycles. The Morgan fingerprint density at radius 3 is 2.50 bits per heavy atom. The quantitative estimate of drug-likeness (QED) is 0.477. The largest absolute Gasteiger partial charge is 0.362 e. The van der Waals surface area contributed by atoms with Gasteiger partial charge in [-0.05, 0) is 67.2 Å². The zero-order valence-electron chi connectivity index (χ0n) is 18.4. The lowest BCUT2D eigenvalue weighted by atomic mass is 9.79. The third kappa shape index (κ3) is 4.35. The average Bonchev–Trinajstić information content (AvgIpc) is 3.34. The molecule has 4 nitrogen and oxygen atoms in total. The second-order valence-corrected chi connectivity index (χ2v) is 9.36. The van der Waals surface area contributed by atoms with Crippen molar-refractivity contribution in [2.75, 3.05) is 23.3 Å². The van der Waals surface area contributed by atoms with E-state index in [1.165, 1.54) is 42.5 Å². The fourth-order valence-corrected chi connectivity index (χ4v) is 5.42. The number of pyridine rings is 1. The summed E-state index contributed by atoms with van der Waals surface area (Å²) in [5.74, 6) is 0.982. The monoisotopic (exact) mass is 442 g/mol. The van der Waals surface area contributed by atoms with E-state index in [1.54, 1.807) is 0 Å². The van der Waals surface area contributed by atoms with Gasteiger partial charge in [-0.2, -0.15) is 0 Å². The van der Waals surface area contributed by atoms with Crippen LogP contribution in [0.3, 0.4) is 0 Å². The van der Waals surface area contributed by atoms with Gasteiger partial charge in [-0.3, -0.25) is 0 Å². The molecule has 1 aliphatic carbocycles. The first kappa shape index (κ1) is 21.0. The third-order valence-corrected chi connectivity index (χ3v) is 7.17. The summed E-state index contributed by atoms with van der Waals surface area (Å²) >= 11 is 5.62. The standard InChI is InChI=1S/C27H30N4S/c32-26(29-20-27(16-6-7-17-27)22-11-2-1-3-12-22)30-23-14-15-25(28-19-23)31-18-8-10-21-9-4-5-13-24(21)31/h1-5,9,11-15,19H,6-8,10,16-18,20H2,(H2,29,30,32). The number of nitrogens with zero attached hydrogens (tertiary/aromatic N) is 2. The van der Waals surface area contributed by atoms with Gasteiger partial charge < -0.3 is 15.5 Å². The van der Waals surface area contributed by atoms with E-state index in [0.29, 0.717) is 5.11 Å². The highest BCUT2D eigenvalue weighted by Crippen LogP contribution is 2.40. The SMILES string of the molecule is S=C(NCC1(c2ccccc2)CCCC1)Nc1ccc(N2CCCc3ccccc32)nc1. The molecular formula is C27H30N4S. The summed E-state index contributed by atoms with van der Waals surface area (Å²) in [6, 6.07) is 23.6. The Kier molecular flexibility index (Phi) is 6.08. The van der Waals surface area contributed by atoms with Crippen LogP contribution in [0.5, 0.6) is 0 Å². The van der Waals surface area contributed by atoms with E-state index in [4.69, 9.17) is 17.2 Å². The van der Waals surface area contributed by atoms with Crippen molar-refractivity contribution in [1.29, 1.82) is 0 Å². The predicted octanol–water partition coefficient (Wildman–Crippen LogP) is 5.96. The van der Waals surface area contributed by atoms with Gasteiger partial charge in [0.2, 0.25) is 0 Å². The molecule has 0 amide bonds. The lowest BCUT2D eigenvalue weighted by Gasteiger charge is -2.31. The van der Waals surface area contributed by atoms with Crippen LogP contribution in [0.15, 0.2) is 72.9 Å². The Hall–Kier alpha value is -2.92. The second-order valence-electron chi connectivity index (χ2n) is 8.95. The van der Waals surface area contributed by atoms with Crippen molar-refractivity contribution in [2.45, 2.75) is 43.9 Å². The van der Waals surface area contributed by atoms with Crippen molar-refractivity contribution in [1.82, 2.24) is 10.3 Å². The molecule has 0 unspecified atom stereocenters. The summed E-state index contributed by atoms with van der Waals surface area (Å²) < 4.78 is 0. The van der Waals surface area contributed by atoms with Gasteiger partial charge in [-0.25, -0.2) is 4.98 Å². The van der Waals surface area contributed by atoms with Gasteiger partial charge in [0.15, 0.2) is 5.11 Å². The Morgan fingerprint density at radius 1 is 0.938 bits per heavy atom. The summed E-state index contributed by atoms with van der Waals surface area (Å²) in [5.41, 5.74) is 5.17. The number of nitrogens with one attached hydrogen (secondary N) is 2. The minimum absolute atomic E-state index is 0.177. The molecular weight excluding hydrogens is 412 g/mol.